The van der Waals surface area contributed by atoms with Gasteiger partial charge in [0.1, 0.15) is 28.8 Å². The maximum absolute atomic E-state index is 13.9. The molecule has 0 bridgehead atoms. The molecule has 3 N–H and O–H groups in total. The molecule has 0 unspecified atom stereocenters. The number of carbonyl (C=O) groups excluding carboxylic acids is 2. The van der Waals surface area contributed by atoms with Crippen molar-refractivity contribution < 1.29 is 22.7 Å². The first kappa shape index (κ1) is 38.1. The summed E-state index contributed by atoms with van der Waals surface area (Å²) in [5.74, 6) is 0.252. The van der Waals surface area contributed by atoms with Crippen LogP contribution in [0.1, 0.15) is 49.8 Å². The van der Waals surface area contributed by atoms with Crippen molar-refractivity contribution in [3.63, 3.8) is 0 Å². The van der Waals surface area contributed by atoms with Crippen LogP contribution in [0.3, 0.4) is 0 Å². The largest absolute Gasteiger partial charge is 0.487 e. The number of hydrogen-bond acceptors (Lipinski definition) is 7. The minimum atomic E-state index is -4.14. The molecule has 1 atom stereocenters. The number of fused-ring (bicyclic) bond motifs is 1. The molecule has 46 heavy (non-hydrogen) atoms. The number of nitrogens with one attached hydrogen (secondary N) is 1. The molecular formula is C31H39Cl4N5O5S. The number of sulfonamides is 1. The molecule has 0 spiro atoms. The van der Waals surface area contributed by atoms with Crippen molar-refractivity contribution in [2.24, 2.45) is 5.73 Å². The summed E-state index contributed by atoms with van der Waals surface area (Å²) < 4.78 is 35.2. The molecule has 2 aliphatic heterocycles. The van der Waals surface area contributed by atoms with Gasteiger partial charge in [0.25, 0.3) is 0 Å². The second-order valence-electron chi connectivity index (χ2n) is 11.2. The third kappa shape index (κ3) is 8.36. The number of aryl methyl sites for hydroxylation is 1. The van der Waals surface area contributed by atoms with Gasteiger partial charge in [-0.05, 0) is 69.8 Å². The summed E-state index contributed by atoms with van der Waals surface area (Å²) in [5.41, 5.74) is 7.35. The van der Waals surface area contributed by atoms with Crippen molar-refractivity contribution >= 4 is 80.8 Å². The second-order valence-corrected chi connectivity index (χ2v) is 13.9. The van der Waals surface area contributed by atoms with Crippen LogP contribution < -0.4 is 15.8 Å². The van der Waals surface area contributed by atoms with Gasteiger partial charge in [-0.3, -0.25) is 9.59 Å². The first-order chi connectivity index (χ1) is 21.1. The number of piperidine rings is 1. The zero-order chi connectivity index (χ0) is 31.4. The van der Waals surface area contributed by atoms with E-state index >= 15 is 0 Å². The van der Waals surface area contributed by atoms with Crippen LogP contribution in [0.2, 0.25) is 10.0 Å². The Morgan fingerprint density at radius 2 is 1.78 bits per heavy atom. The van der Waals surface area contributed by atoms with E-state index in [1.165, 1.54) is 16.4 Å². The Morgan fingerprint density at radius 1 is 1.04 bits per heavy atom. The first-order valence-corrected chi connectivity index (χ1v) is 17.1. The van der Waals surface area contributed by atoms with Crippen molar-refractivity contribution in [3.05, 3.63) is 63.8 Å². The Balaban J connectivity index is 0.00000288. The predicted octanol–water partition coefficient (Wildman–Crippen LogP) is 5.27. The van der Waals surface area contributed by atoms with Gasteiger partial charge in [-0.1, -0.05) is 41.4 Å². The topological polar surface area (TPSA) is 135 Å². The molecule has 3 heterocycles. The zero-order valence-electron chi connectivity index (χ0n) is 25.4. The van der Waals surface area contributed by atoms with E-state index in [0.29, 0.717) is 75.0 Å². The SMILES string of the molecule is Cc1ccc2cccc(OCc3c(Cl)ccc(S(=O)(=O)N4CCC[C@H]4C(=O)NC4CCN(C(=O)CCCN)CC4)c3Cl)c2n1.Cl.Cl. The van der Waals surface area contributed by atoms with Crippen LogP contribution in [-0.4, -0.2) is 72.7 Å². The molecule has 2 saturated heterocycles. The van der Waals surface area contributed by atoms with E-state index in [-0.39, 0.29) is 70.8 Å². The molecule has 2 aromatic carbocycles. The highest BCUT2D eigenvalue weighted by Crippen LogP contribution is 2.36. The lowest BCUT2D eigenvalue weighted by molar-refractivity contribution is -0.132. The number of halogens is 4. The van der Waals surface area contributed by atoms with Gasteiger partial charge in [0.15, 0.2) is 0 Å². The van der Waals surface area contributed by atoms with E-state index in [9.17, 15) is 18.0 Å². The lowest BCUT2D eigenvalue weighted by Crippen LogP contribution is -2.52. The van der Waals surface area contributed by atoms with Crippen LogP contribution in [0.5, 0.6) is 5.75 Å². The van der Waals surface area contributed by atoms with Crippen LogP contribution in [0, 0.1) is 6.92 Å². The van der Waals surface area contributed by atoms with E-state index in [1.807, 2.05) is 31.2 Å². The fourth-order valence-corrected chi connectivity index (χ4v) is 8.31. The van der Waals surface area contributed by atoms with Gasteiger partial charge in [0.05, 0.1) is 5.02 Å². The summed E-state index contributed by atoms with van der Waals surface area (Å²) in [6.45, 7) is 3.56. The number of nitrogens with zero attached hydrogens (tertiary/aromatic N) is 3. The molecule has 252 valence electrons. The van der Waals surface area contributed by atoms with Gasteiger partial charge < -0.3 is 20.7 Å². The quantitative estimate of drug-likeness (QED) is 0.290. The molecule has 2 aliphatic rings. The molecule has 5 rings (SSSR count). The number of ether oxygens (including phenoxy) is 1. The molecule has 1 aromatic heterocycles. The van der Waals surface area contributed by atoms with E-state index < -0.39 is 16.1 Å². The molecule has 0 radical (unpaired) electrons. The number of aromatic nitrogens is 1. The standard InChI is InChI=1S/C31H37Cl2N5O5S.2ClH/c1-20-9-10-21-5-2-7-26(30(21)35-20)43-19-23-24(32)11-12-27(29(23)33)44(41,42)38-16-4-6-25(38)31(40)36-22-13-17-37(18-14-22)28(39)8-3-15-34;;/h2,5,7,9-12,22,25H,3-4,6,8,13-19,34H2,1H3,(H,36,40);2*1H/t25-;;/m0../s1. The average Bonchev–Trinajstić information content (AvgIpc) is 3.52. The third-order valence-electron chi connectivity index (χ3n) is 8.23. The second kappa shape index (κ2) is 16.6. The molecule has 10 nitrogen and oxygen atoms in total. The zero-order valence-corrected chi connectivity index (χ0v) is 29.4. The van der Waals surface area contributed by atoms with Crippen LogP contribution in [0.4, 0.5) is 0 Å². The summed E-state index contributed by atoms with van der Waals surface area (Å²) in [6, 6.07) is 11.3. The minimum Gasteiger partial charge on any atom is -0.487 e. The van der Waals surface area contributed by atoms with Crippen LogP contribution in [-0.2, 0) is 26.2 Å². The van der Waals surface area contributed by atoms with Crippen LogP contribution in [0.15, 0.2) is 47.4 Å². The number of rotatable bonds is 10. The van der Waals surface area contributed by atoms with Crippen LogP contribution >= 0.6 is 48.0 Å². The lowest BCUT2D eigenvalue weighted by atomic mass is 10.0. The molecule has 0 aliphatic carbocycles. The van der Waals surface area contributed by atoms with Crippen molar-refractivity contribution in [3.8, 4) is 5.75 Å². The predicted molar refractivity (Wildman–Crippen MR) is 185 cm³/mol. The smallest absolute Gasteiger partial charge is 0.245 e. The monoisotopic (exact) mass is 733 g/mol. The molecule has 0 saturated carbocycles. The van der Waals surface area contributed by atoms with Crippen LogP contribution in [0.25, 0.3) is 10.9 Å². The van der Waals surface area contributed by atoms with E-state index in [2.05, 4.69) is 10.3 Å². The minimum absolute atomic E-state index is 0. The number of para-hydroxylation sites is 1. The highest BCUT2D eigenvalue weighted by Gasteiger charge is 2.41. The fourth-order valence-electron chi connectivity index (χ4n) is 5.79. The number of carbonyl (C=O) groups is 2. The van der Waals surface area contributed by atoms with E-state index in [0.717, 1.165) is 11.1 Å². The third-order valence-corrected chi connectivity index (χ3v) is 11.1. The fraction of sp³-hybridized carbons (Fsp3) is 0.452. The Bertz CT molecular complexity index is 1650. The van der Waals surface area contributed by atoms with Crippen molar-refractivity contribution in [1.29, 1.82) is 0 Å². The number of benzene rings is 2. The number of amides is 2. The van der Waals surface area contributed by atoms with Gasteiger partial charge in [-0.15, -0.1) is 24.8 Å². The number of hydrogen-bond donors (Lipinski definition) is 2. The number of pyridine rings is 1. The maximum Gasteiger partial charge on any atom is 0.245 e. The normalized spacial score (nSPS) is 17.3. The Hall–Kier alpha value is -2.38. The summed E-state index contributed by atoms with van der Waals surface area (Å²) in [7, 11) is -4.14. The van der Waals surface area contributed by atoms with Crippen molar-refractivity contribution in [2.45, 2.75) is 69.0 Å². The van der Waals surface area contributed by atoms with Crippen molar-refractivity contribution in [1.82, 2.24) is 19.5 Å². The summed E-state index contributed by atoms with van der Waals surface area (Å²) in [6.07, 6.45) is 3.23. The average molecular weight is 736 g/mol. The van der Waals surface area contributed by atoms with Gasteiger partial charge in [-0.25, -0.2) is 13.4 Å². The van der Waals surface area contributed by atoms with Gasteiger partial charge >= 0.3 is 0 Å². The molecule has 15 heteroatoms. The van der Waals surface area contributed by atoms with E-state index in [4.69, 9.17) is 33.7 Å². The Labute approximate surface area is 292 Å². The molecular weight excluding hydrogens is 696 g/mol. The van der Waals surface area contributed by atoms with Crippen molar-refractivity contribution in [2.75, 3.05) is 26.2 Å². The number of nitrogens with two attached hydrogens (primary N) is 1. The summed E-state index contributed by atoms with van der Waals surface area (Å²) in [5, 5.41) is 4.15. The highest BCUT2D eigenvalue weighted by molar-refractivity contribution is 7.89. The number of likely N-dealkylation sites (tertiary alicyclic amines) is 1. The van der Waals surface area contributed by atoms with Gasteiger partial charge in [0, 0.05) is 53.8 Å². The molecule has 2 amide bonds. The first-order valence-electron chi connectivity index (χ1n) is 14.9. The summed E-state index contributed by atoms with van der Waals surface area (Å²) in [4.78, 5) is 31.9. The lowest BCUT2D eigenvalue weighted by Gasteiger charge is -2.33. The Kier molecular flexibility index (Phi) is 13.8. The Morgan fingerprint density at radius 3 is 2.50 bits per heavy atom. The maximum atomic E-state index is 13.9. The summed E-state index contributed by atoms with van der Waals surface area (Å²) >= 11 is 13.2. The molecule has 3 aromatic rings. The van der Waals surface area contributed by atoms with Gasteiger partial charge in [-0.2, -0.15) is 4.31 Å². The molecule has 2 fully saturated rings. The van der Waals surface area contributed by atoms with E-state index in [1.54, 1.807) is 11.0 Å². The highest BCUT2D eigenvalue weighted by atomic mass is 35.5. The van der Waals surface area contributed by atoms with Gasteiger partial charge in [0.2, 0.25) is 21.8 Å².